The number of rotatable bonds is 4. The number of carbonyl (C=O) groups is 1. The molecule has 1 aromatic rings. The predicted octanol–water partition coefficient (Wildman–Crippen LogP) is 3.54. The molecule has 1 aliphatic heterocycles. The lowest BCUT2D eigenvalue weighted by Gasteiger charge is -2.28. The number of halogens is 1. The van der Waals surface area contributed by atoms with Crippen LogP contribution in [-0.2, 0) is 4.79 Å². The van der Waals surface area contributed by atoms with Gasteiger partial charge in [-0.2, -0.15) is 0 Å². The van der Waals surface area contributed by atoms with Gasteiger partial charge in [-0.05, 0) is 25.3 Å². The minimum absolute atomic E-state index is 0.00108. The molecule has 0 amide bonds. The van der Waals surface area contributed by atoms with Crippen molar-refractivity contribution < 1.29 is 4.79 Å². The molecule has 0 aromatic heterocycles. The zero-order chi connectivity index (χ0) is 13.0. The number of allylic oxidation sites excluding steroid dienone is 2. The van der Waals surface area contributed by atoms with Crippen LogP contribution in [0.3, 0.4) is 0 Å². The molecule has 0 aliphatic carbocycles. The first-order chi connectivity index (χ1) is 8.72. The molecule has 0 radical (unpaired) electrons. The maximum atomic E-state index is 11.4. The number of hydrogen-bond acceptors (Lipinski definition) is 2. The summed E-state index contributed by atoms with van der Waals surface area (Å²) in [5.74, 6) is 0.0654. The van der Waals surface area contributed by atoms with E-state index in [0.717, 1.165) is 25.1 Å². The van der Waals surface area contributed by atoms with Gasteiger partial charge in [-0.1, -0.05) is 30.3 Å². The van der Waals surface area contributed by atoms with Crippen molar-refractivity contribution in [2.24, 2.45) is 0 Å². The Bertz CT molecular complexity index is 441. The van der Waals surface area contributed by atoms with Crippen molar-refractivity contribution in [1.29, 1.82) is 0 Å². The second-order valence-electron chi connectivity index (χ2n) is 4.62. The van der Waals surface area contributed by atoms with E-state index in [4.69, 9.17) is 11.6 Å². The van der Waals surface area contributed by atoms with Gasteiger partial charge < -0.3 is 4.90 Å². The maximum Gasteiger partial charge on any atom is 0.172 e. The summed E-state index contributed by atoms with van der Waals surface area (Å²) in [5.41, 5.74) is 2.40. The molecule has 1 aliphatic rings. The monoisotopic (exact) mass is 263 g/mol. The van der Waals surface area contributed by atoms with Crippen molar-refractivity contribution in [3.05, 3.63) is 47.7 Å². The van der Waals surface area contributed by atoms with Crippen LogP contribution >= 0.6 is 11.6 Å². The van der Waals surface area contributed by atoms with E-state index in [1.54, 1.807) is 6.08 Å². The largest absolute Gasteiger partial charge is 0.368 e. The third-order valence-electron chi connectivity index (χ3n) is 3.41. The van der Waals surface area contributed by atoms with Crippen LogP contribution in [0.25, 0.3) is 0 Å². The van der Waals surface area contributed by atoms with Crippen LogP contribution in [0.1, 0.15) is 31.4 Å². The zero-order valence-corrected chi connectivity index (χ0v) is 11.4. The third-order valence-corrected chi connectivity index (χ3v) is 3.67. The summed E-state index contributed by atoms with van der Waals surface area (Å²) in [6, 6.07) is 10.7. The maximum absolute atomic E-state index is 11.4. The lowest BCUT2D eigenvalue weighted by atomic mass is 10.1. The second-order valence-corrected chi connectivity index (χ2v) is 4.89. The first kappa shape index (κ1) is 13.2. The summed E-state index contributed by atoms with van der Waals surface area (Å²) < 4.78 is 0. The molecule has 3 heteroatoms. The highest BCUT2D eigenvalue weighted by Gasteiger charge is 2.23. The average molecular weight is 264 g/mol. The van der Waals surface area contributed by atoms with E-state index in [9.17, 15) is 4.79 Å². The molecule has 1 saturated heterocycles. The smallest absolute Gasteiger partial charge is 0.172 e. The Labute approximate surface area is 113 Å². The average Bonchev–Trinajstić information content (AvgIpc) is 2.86. The Morgan fingerprint density at radius 2 is 2.17 bits per heavy atom. The molecule has 2 rings (SSSR count). The van der Waals surface area contributed by atoms with E-state index in [1.165, 1.54) is 5.56 Å². The standard InChI is InChI=1S/C15H18ClNO/c1-12(13-6-3-2-4-7-13)17-9-5-8-14(17)10-15(18)11-16/h2-4,6-7,10,12H,5,8-9,11H2,1H3/b14-10+. The fourth-order valence-electron chi connectivity index (χ4n) is 2.45. The van der Waals surface area contributed by atoms with Crippen LogP contribution in [0.15, 0.2) is 42.1 Å². The number of hydrogen-bond donors (Lipinski definition) is 0. The lowest BCUT2D eigenvalue weighted by Crippen LogP contribution is -2.22. The van der Waals surface area contributed by atoms with Gasteiger partial charge in [-0.25, -0.2) is 0 Å². The van der Waals surface area contributed by atoms with Crippen LogP contribution in [-0.4, -0.2) is 23.1 Å². The number of ketones is 1. The van der Waals surface area contributed by atoms with Gasteiger partial charge in [-0.3, -0.25) is 4.79 Å². The van der Waals surface area contributed by atoms with Crippen molar-refractivity contribution in [3.63, 3.8) is 0 Å². The molecule has 1 unspecified atom stereocenters. The summed E-state index contributed by atoms with van der Waals surface area (Å²) in [7, 11) is 0. The predicted molar refractivity (Wildman–Crippen MR) is 74.6 cm³/mol. The zero-order valence-electron chi connectivity index (χ0n) is 10.6. The Morgan fingerprint density at radius 3 is 2.83 bits per heavy atom. The Morgan fingerprint density at radius 1 is 1.44 bits per heavy atom. The molecule has 1 heterocycles. The van der Waals surface area contributed by atoms with Crippen LogP contribution in [0, 0.1) is 0 Å². The molecule has 0 spiro atoms. The van der Waals surface area contributed by atoms with E-state index >= 15 is 0 Å². The molecule has 96 valence electrons. The molecule has 2 nitrogen and oxygen atoms in total. The summed E-state index contributed by atoms with van der Waals surface area (Å²) in [5, 5.41) is 0. The van der Waals surface area contributed by atoms with E-state index in [0.29, 0.717) is 6.04 Å². The molecule has 1 atom stereocenters. The van der Waals surface area contributed by atoms with Crippen molar-refractivity contribution in [1.82, 2.24) is 4.90 Å². The number of carbonyl (C=O) groups excluding carboxylic acids is 1. The van der Waals surface area contributed by atoms with Gasteiger partial charge >= 0.3 is 0 Å². The quantitative estimate of drug-likeness (QED) is 0.612. The SMILES string of the molecule is CC(c1ccccc1)N1CCC/C1=C\C(=O)CCl. The lowest BCUT2D eigenvalue weighted by molar-refractivity contribution is -0.112. The van der Waals surface area contributed by atoms with Crippen LogP contribution in [0.4, 0.5) is 0 Å². The van der Waals surface area contributed by atoms with Crippen molar-refractivity contribution in [2.45, 2.75) is 25.8 Å². The molecular weight excluding hydrogens is 246 g/mol. The van der Waals surface area contributed by atoms with Gasteiger partial charge in [0.25, 0.3) is 0 Å². The van der Waals surface area contributed by atoms with E-state index < -0.39 is 0 Å². The Kier molecular flexibility index (Phi) is 4.43. The topological polar surface area (TPSA) is 20.3 Å². The fourth-order valence-corrected chi connectivity index (χ4v) is 2.53. The van der Waals surface area contributed by atoms with Crippen LogP contribution < -0.4 is 0 Å². The summed E-state index contributed by atoms with van der Waals surface area (Å²) in [4.78, 5) is 13.7. The van der Waals surface area contributed by atoms with Gasteiger partial charge in [0, 0.05) is 18.3 Å². The van der Waals surface area contributed by atoms with Crippen LogP contribution in [0.2, 0.25) is 0 Å². The van der Waals surface area contributed by atoms with Gasteiger partial charge in [0.1, 0.15) is 0 Å². The van der Waals surface area contributed by atoms with Gasteiger partial charge in [0.15, 0.2) is 5.78 Å². The molecule has 0 saturated carbocycles. The number of benzene rings is 1. The normalized spacial score (nSPS) is 19.2. The molecule has 1 fully saturated rings. The fraction of sp³-hybridized carbons (Fsp3) is 0.400. The molecule has 1 aromatic carbocycles. The first-order valence-corrected chi connectivity index (χ1v) is 6.87. The van der Waals surface area contributed by atoms with E-state index in [2.05, 4.69) is 36.1 Å². The molecular formula is C15H18ClNO. The summed E-state index contributed by atoms with van der Waals surface area (Å²) in [6.07, 6.45) is 3.79. The van der Waals surface area contributed by atoms with Gasteiger partial charge in [0.2, 0.25) is 0 Å². The van der Waals surface area contributed by atoms with Crippen molar-refractivity contribution in [3.8, 4) is 0 Å². The Hall–Kier alpha value is -1.28. The highest BCUT2D eigenvalue weighted by molar-refractivity contribution is 6.29. The summed E-state index contributed by atoms with van der Waals surface area (Å²) >= 11 is 5.56. The van der Waals surface area contributed by atoms with Crippen molar-refractivity contribution >= 4 is 17.4 Å². The number of likely N-dealkylation sites (tertiary alicyclic amines) is 1. The Balaban J connectivity index is 2.17. The first-order valence-electron chi connectivity index (χ1n) is 6.33. The number of nitrogens with zero attached hydrogens (tertiary/aromatic N) is 1. The molecule has 18 heavy (non-hydrogen) atoms. The summed E-state index contributed by atoms with van der Waals surface area (Å²) in [6.45, 7) is 3.19. The van der Waals surface area contributed by atoms with Gasteiger partial charge in [-0.15, -0.1) is 11.6 Å². The molecule has 0 bridgehead atoms. The minimum Gasteiger partial charge on any atom is -0.368 e. The highest BCUT2D eigenvalue weighted by atomic mass is 35.5. The molecule has 0 N–H and O–H groups in total. The van der Waals surface area contributed by atoms with Gasteiger partial charge in [0.05, 0.1) is 11.9 Å². The number of alkyl halides is 1. The third kappa shape index (κ3) is 2.94. The second kappa shape index (κ2) is 6.05. The van der Waals surface area contributed by atoms with Crippen molar-refractivity contribution in [2.75, 3.05) is 12.4 Å². The highest BCUT2D eigenvalue weighted by Crippen LogP contribution is 2.31. The van der Waals surface area contributed by atoms with Crippen LogP contribution in [0.5, 0.6) is 0 Å². The van der Waals surface area contributed by atoms with E-state index in [-0.39, 0.29) is 11.7 Å². The minimum atomic E-state index is -0.00108. The van der Waals surface area contributed by atoms with E-state index in [1.807, 2.05) is 6.07 Å².